The molecule has 0 aromatic heterocycles. The fraction of sp³-hybridized carbons (Fsp3) is 0.308. The summed E-state index contributed by atoms with van der Waals surface area (Å²) >= 11 is 0. The van der Waals surface area contributed by atoms with Crippen molar-refractivity contribution in [2.24, 2.45) is 0 Å². The molecule has 0 radical (unpaired) electrons. The van der Waals surface area contributed by atoms with E-state index in [1.807, 2.05) is 19.9 Å². The predicted octanol–water partition coefficient (Wildman–Crippen LogP) is 2.23. The number of ether oxygens (including phenoxy) is 1. The standard InChI is InChI=1S/C13H15NO3/c1-8(2)5-6-17-13-10(15)4-3-9-7-11(16)14-12(9)13/h3-5,15H,6-7H2,1-2H3,(H,14,16). The Morgan fingerprint density at radius 1 is 1.53 bits per heavy atom. The molecule has 0 unspecified atom stereocenters. The number of aromatic hydroxyl groups is 1. The number of carbonyl (C=O) groups excluding carboxylic acids is 1. The molecule has 1 aromatic rings. The summed E-state index contributed by atoms with van der Waals surface area (Å²) in [6.45, 7) is 4.32. The fourth-order valence-corrected chi connectivity index (χ4v) is 1.69. The summed E-state index contributed by atoms with van der Waals surface area (Å²) in [5.74, 6) is 0.330. The number of phenolic OH excluding ortho intramolecular Hbond substituents is 1. The van der Waals surface area contributed by atoms with Gasteiger partial charge in [-0.25, -0.2) is 0 Å². The third-order valence-corrected chi connectivity index (χ3v) is 2.56. The molecule has 0 saturated carbocycles. The lowest BCUT2D eigenvalue weighted by molar-refractivity contribution is -0.115. The first-order chi connectivity index (χ1) is 8.08. The molecule has 90 valence electrons. The van der Waals surface area contributed by atoms with Gasteiger partial charge in [-0.3, -0.25) is 4.79 Å². The average Bonchev–Trinajstić information content (AvgIpc) is 2.62. The minimum atomic E-state index is -0.0716. The average molecular weight is 233 g/mol. The van der Waals surface area contributed by atoms with E-state index >= 15 is 0 Å². The molecule has 4 heteroatoms. The number of hydrogen-bond donors (Lipinski definition) is 2. The highest BCUT2D eigenvalue weighted by Gasteiger charge is 2.23. The van der Waals surface area contributed by atoms with Crippen LogP contribution >= 0.6 is 0 Å². The maximum Gasteiger partial charge on any atom is 0.228 e. The highest BCUT2D eigenvalue weighted by molar-refractivity contribution is 6.01. The first kappa shape index (κ1) is 11.5. The number of benzene rings is 1. The lowest BCUT2D eigenvalue weighted by Crippen LogP contribution is -2.05. The largest absolute Gasteiger partial charge is 0.504 e. The number of fused-ring (bicyclic) bond motifs is 1. The zero-order valence-electron chi connectivity index (χ0n) is 9.91. The molecule has 0 fully saturated rings. The van der Waals surface area contributed by atoms with Crippen LogP contribution in [0.2, 0.25) is 0 Å². The predicted molar refractivity (Wildman–Crippen MR) is 65.4 cm³/mol. The molecule has 1 aliphatic heterocycles. The summed E-state index contributed by atoms with van der Waals surface area (Å²) in [5, 5.41) is 12.4. The van der Waals surface area contributed by atoms with Gasteiger partial charge in [0, 0.05) is 0 Å². The Morgan fingerprint density at radius 3 is 3.00 bits per heavy atom. The van der Waals surface area contributed by atoms with Crippen molar-refractivity contribution in [3.8, 4) is 11.5 Å². The van der Waals surface area contributed by atoms with Gasteiger partial charge in [-0.2, -0.15) is 0 Å². The van der Waals surface area contributed by atoms with E-state index in [0.29, 0.717) is 24.5 Å². The first-order valence-corrected chi connectivity index (χ1v) is 5.49. The molecule has 4 nitrogen and oxygen atoms in total. The van der Waals surface area contributed by atoms with Gasteiger partial charge in [0.15, 0.2) is 11.5 Å². The Balaban J connectivity index is 2.25. The van der Waals surface area contributed by atoms with Gasteiger partial charge in [-0.15, -0.1) is 0 Å². The van der Waals surface area contributed by atoms with Crippen molar-refractivity contribution in [3.05, 3.63) is 29.3 Å². The van der Waals surface area contributed by atoms with Gasteiger partial charge < -0.3 is 15.2 Å². The molecule has 0 atom stereocenters. The number of anilines is 1. The normalized spacial score (nSPS) is 12.9. The van der Waals surface area contributed by atoms with Crippen molar-refractivity contribution in [2.45, 2.75) is 20.3 Å². The van der Waals surface area contributed by atoms with Gasteiger partial charge in [0.25, 0.3) is 0 Å². The second-order valence-electron chi connectivity index (χ2n) is 4.27. The first-order valence-electron chi connectivity index (χ1n) is 5.49. The molecule has 1 amide bonds. The summed E-state index contributed by atoms with van der Waals surface area (Å²) in [6, 6.07) is 3.29. The molecule has 0 aliphatic carbocycles. The molecular weight excluding hydrogens is 218 g/mol. The molecule has 17 heavy (non-hydrogen) atoms. The van der Waals surface area contributed by atoms with Crippen LogP contribution in [0.4, 0.5) is 5.69 Å². The Kier molecular flexibility index (Phi) is 3.04. The van der Waals surface area contributed by atoms with Crippen molar-refractivity contribution < 1.29 is 14.6 Å². The van der Waals surface area contributed by atoms with Gasteiger partial charge in [0.05, 0.1) is 12.1 Å². The summed E-state index contributed by atoms with van der Waals surface area (Å²) < 4.78 is 5.50. The van der Waals surface area contributed by atoms with Crippen molar-refractivity contribution in [1.29, 1.82) is 0 Å². The summed E-state index contributed by atoms with van der Waals surface area (Å²) in [4.78, 5) is 11.3. The number of amides is 1. The Morgan fingerprint density at radius 2 is 2.29 bits per heavy atom. The van der Waals surface area contributed by atoms with E-state index in [2.05, 4.69) is 5.32 Å². The quantitative estimate of drug-likeness (QED) is 0.787. The zero-order valence-corrected chi connectivity index (χ0v) is 9.91. The number of rotatable bonds is 3. The molecule has 0 spiro atoms. The third-order valence-electron chi connectivity index (χ3n) is 2.56. The van der Waals surface area contributed by atoms with E-state index in [4.69, 9.17) is 4.74 Å². The van der Waals surface area contributed by atoms with Crippen LogP contribution in [0.25, 0.3) is 0 Å². The van der Waals surface area contributed by atoms with Crippen LogP contribution in [0, 0.1) is 0 Å². The Hall–Kier alpha value is -1.97. The zero-order chi connectivity index (χ0) is 12.4. The van der Waals surface area contributed by atoms with Crippen LogP contribution in [-0.4, -0.2) is 17.6 Å². The second kappa shape index (κ2) is 4.49. The maximum absolute atomic E-state index is 11.3. The molecule has 1 aliphatic rings. The molecule has 1 aromatic carbocycles. The maximum atomic E-state index is 11.3. The van der Waals surface area contributed by atoms with Crippen LogP contribution in [0.5, 0.6) is 11.5 Å². The van der Waals surface area contributed by atoms with Gasteiger partial charge in [-0.05, 0) is 31.6 Å². The van der Waals surface area contributed by atoms with E-state index in [1.54, 1.807) is 12.1 Å². The van der Waals surface area contributed by atoms with Crippen molar-refractivity contribution in [3.63, 3.8) is 0 Å². The number of phenols is 1. The number of allylic oxidation sites excluding steroid dienone is 1. The van der Waals surface area contributed by atoms with Crippen LogP contribution in [0.1, 0.15) is 19.4 Å². The van der Waals surface area contributed by atoms with Crippen molar-refractivity contribution in [1.82, 2.24) is 0 Å². The molecule has 2 rings (SSSR count). The monoisotopic (exact) mass is 233 g/mol. The lowest BCUT2D eigenvalue weighted by atomic mass is 10.1. The molecular formula is C13H15NO3. The minimum absolute atomic E-state index is 0.0492. The highest BCUT2D eigenvalue weighted by atomic mass is 16.5. The summed E-state index contributed by atoms with van der Waals surface area (Å²) in [7, 11) is 0. The van der Waals surface area contributed by atoms with E-state index in [-0.39, 0.29) is 11.7 Å². The summed E-state index contributed by atoms with van der Waals surface area (Å²) in [5.41, 5.74) is 2.60. The second-order valence-corrected chi connectivity index (χ2v) is 4.27. The lowest BCUT2D eigenvalue weighted by Gasteiger charge is -2.10. The number of nitrogens with one attached hydrogen (secondary N) is 1. The smallest absolute Gasteiger partial charge is 0.228 e. The van der Waals surface area contributed by atoms with E-state index in [9.17, 15) is 9.90 Å². The molecule has 0 bridgehead atoms. The van der Waals surface area contributed by atoms with Crippen LogP contribution in [0.15, 0.2) is 23.8 Å². The van der Waals surface area contributed by atoms with Gasteiger partial charge in [0.1, 0.15) is 6.61 Å². The van der Waals surface area contributed by atoms with Crippen molar-refractivity contribution in [2.75, 3.05) is 11.9 Å². The van der Waals surface area contributed by atoms with Crippen LogP contribution < -0.4 is 10.1 Å². The van der Waals surface area contributed by atoms with E-state index in [0.717, 1.165) is 11.1 Å². The SMILES string of the molecule is CC(C)=CCOc1c(O)ccc2c1NC(=O)C2. The molecule has 0 saturated heterocycles. The fourth-order valence-electron chi connectivity index (χ4n) is 1.69. The molecule has 1 heterocycles. The minimum Gasteiger partial charge on any atom is -0.504 e. The topological polar surface area (TPSA) is 58.6 Å². The summed E-state index contributed by atoms with van der Waals surface area (Å²) in [6.07, 6.45) is 2.25. The third kappa shape index (κ3) is 2.41. The molecule has 2 N–H and O–H groups in total. The van der Waals surface area contributed by atoms with Gasteiger partial charge in [0.2, 0.25) is 5.91 Å². The van der Waals surface area contributed by atoms with E-state index < -0.39 is 0 Å². The van der Waals surface area contributed by atoms with E-state index in [1.165, 1.54) is 0 Å². The van der Waals surface area contributed by atoms with Crippen LogP contribution in [-0.2, 0) is 11.2 Å². The number of carbonyl (C=O) groups is 1. The van der Waals surface area contributed by atoms with Crippen molar-refractivity contribution >= 4 is 11.6 Å². The number of hydrogen-bond acceptors (Lipinski definition) is 3. The highest BCUT2D eigenvalue weighted by Crippen LogP contribution is 2.40. The van der Waals surface area contributed by atoms with Gasteiger partial charge in [-0.1, -0.05) is 11.6 Å². The van der Waals surface area contributed by atoms with Gasteiger partial charge >= 0.3 is 0 Å². The Bertz CT molecular complexity index is 488. The Labute approximate surface area is 99.9 Å². The van der Waals surface area contributed by atoms with Crippen LogP contribution in [0.3, 0.4) is 0 Å².